The van der Waals surface area contributed by atoms with Crippen LogP contribution in [-0.4, -0.2) is 48.8 Å². The number of carbonyl (C=O) groups is 1. The van der Waals surface area contributed by atoms with Gasteiger partial charge in [0.1, 0.15) is 12.4 Å². The first-order chi connectivity index (χ1) is 14.2. The number of aryl methyl sites for hydroxylation is 2. The van der Waals surface area contributed by atoms with Crippen LogP contribution < -0.4 is 10.2 Å². The highest BCUT2D eigenvalue weighted by atomic mass is 32.2. The molecule has 1 N–H and O–H groups in total. The number of hydrogen-bond donors (Lipinski definition) is 1. The molecule has 6 nitrogen and oxygen atoms in total. The van der Waals surface area contributed by atoms with Crippen molar-refractivity contribution in [1.29, 1.82) is 0 Å². The van der Waals surface area contributed by atoms with Crippen LogP contribution in [0, 0.1) is 19.7 Å². The molecule has 1 amide bonds. The van der Waals surface area contributed by atoms with E-state index in [9.17, 15) is 17.6 Å². The van der Waals surface area contributed by atoms with Gasteiger partial charge in [0.25, 0.3) is 0 Å². The number of hydrogen-bond acceptors (Lipinski definition) is 6. The lowest BCUT2D eigenvalue weighted by atomic mass is 10.1. The molecule has 4 rings (SSSR count). The minimum atomic E-state index is -3.10. The van der Waals surface area contributed by atoms with Crippen LogP contribution in [0.5, 0.6) is 0 Å². The summed E-state index contributed by atoms with van der Waals surface area (Å²) in [5, 5.41) is 3.15. The minimum absolute atomic E-state index is 0.00591. The number of benzene rings is 2. The number of carbonyl (C=O) groups excluding carboxylic acids is 1. The second-order valence-electron chi connectivity index (χ2n) is 7.67. The van der Waals surface area contributed by atoms with Gasteiger partial charge in [-0.3, -0.25) is 9.79 Å². The summed E-state index contributed by atoms with van der Waals surface area (Å²) in [6, 6.07) is 11.6. The fourth-order valence-electron chi connectivity index (χ4n) is 3.79. The largest absolute Gasteiger partial charge is 0.325 e. The molecule has 9 heteroatoms. The standard InChI is InChI=1S/C21H22FN3O3S2/c1-13-7-14(2)9-15(8-13)23-20(26)10-25(18-6-4-3-5-16(18)22)21-24-17-11-30(27,28)12-19(17)29-21/h3-9,17,19H,10-12H2,1-2H3,(H,23,26)/t17-,19-/m1/s1. The Bertz CT molecular complexity index is 1110. The molecule has 30 heavy (non-hydrogen) atoms. The maximum absolute atomic E-state index is 14.6. The summed E-state index contributed by atoms with van der Waals surface area (Å²) >= 11 is 1.30. The van der Waals surface area contributed by atoms with Crippen molar-refractivity contribution >= 4 is 44.0 Å². The number of thioether (sulfide) groups is 1. The molecule has 0 aliphatic carbocycles. The van der Waals surface area contributed by atoms with E-state index < -0.39 is 15.7 Å². The predicted molar refractivity (Wildman–Crippen MR) is 120 cm³/mol. The number of halogens is 1. The van der Waals surface area contributed by atoms with Gasteiger partial charge < -0.3 is 10.2 Å². The van der Waals surface area contributed by atoms with Gasteiger partial charge in [-0.05, 0) is 49.2 Å². The van der Waals surface area contributed by atoms with Crippen LogP contribution in [0.2, 0.25) is 0 Å². The van der Waals surface area contributed by atoms with Crippen LogP contribution in [0.15, 0.2) is 47.5 Å². The molecule has 1 saturated heterocycles. The Morgan fingerprint density at radius 3 is 2.57 bits per heavy atom. The Morgan fingerprint density at radius 1 is 1.20 bits per heavy atom. The third-order valence-electron chi connectivity index (χ3n) is 4.99. The van der Waals surface area contributed by atoms with Gasteiger partial charge >= 0.3 is 0 Å². The molecule has 2 aromatic rings. The topological polar surface area (TPSA) is 78.8 Å². The molecule has 0 spiro atoms. The first kappa shape index (κ1) is 20.9. The number of aliphatic imine (C=N–C) groups is 1. The molecular formula is C21H22FN3O3S2. The van der Waals surface area contributed by atoms with E-state index in [0.29, 0.717) is 10.9 Å². The zero-order valence-corrected chi connectivity index (χ0v) is 18.3. The van der Waals surface area contributed by atoms with Crippen LogP contribution in [0.25, 0.3) is 0 Å². The van der Waals surface area contributed by atoms with Gasteiger partial charge in [0.15, 0.2) is 15.0 Å². The molecule has 0 radical (unpaired) electrons. The zero-order valence-electron chi connectivity index (χ0n) is 16.6. The lowest BCUT2D eigenvalue weighted by Gasteiger charge is -2.24. The van der Waals surface area contributed by atoms with Crippen LogP contribution in [0.1, 0.15) is 11.1 Å². The minimum Gasteiger partial charge on any atom is -0.325 e. The van der Waals surface area contributed by atoms with Crippen molar-refractivity contribution in [2.75, 3.05) is 28.3 Å². The Kier molecular flexibility index (Phi) is 5.59. The van der Waals surface area contributed by atoms with Gasteiger partial charge in [-0.15, -0.1) is 0 Å². The number of anilines is 2. The fourth-order valence-corrected chi connectivity index (χ4v) is 7.56. The Hall–Kier alpha value is -2.39. The van der Waals surface area contributed by atoms with Crippen molar-refractivity contribution in [3.05, 3.63) is 59.4 Å². The number of nitrogens with zero attached hydrogens (tertiary/aromatic N) is 2. The highest BCUT2D eigenvalue weighted by Crippen LogP contribution is 2.37. The maximum atomic E-state index is 14.6. The van der Waals surface area contributed by atoms with E-state index in [1.165, 1.54) is 22.7 Å². The van der Waals surface area contributed by atoms with Gasteiger partial charge in [-0.25, -0.2) is 12.8 Å². The van der Waals surface area contributed by atoms with Gasteiger partial charge in [0.05, 0.1) is 23.2 Å². The molecule has 1 fully saturated rings. The number of nitrogens with one attached hydrogen (secondary N) is 1. The van der Waals surface area contributed by atoms with Gasteiger partial charge in [0.2, 0.25) is 5.91 Å². The van der Waals surface area contributed by atoms with Crippen molar-refractivity contribution in [2.45, 2.75) is 25.1 Å². The number of rotatable bonds is 4. The van der Waals surface area contributed by atoms with Crippen LogP contribution in [0.4, 0.5) is 15.8 Å². The van der Waals surface area contributed by atoms with E-state index >= 15 is 0 Å². The van der Waals surface area contributed by atoms with Crippen molar-refractivity contribution in [3.63, 3.8) is 0 Å². The zero-order chi connectivity index (χ0) is 21.5. The molecule has 2 heterocycles. The number of para-hydroxylation sites is 1. The molecule has 2 aromatic carbocycles. The Morgan fingerprint density at radius 2 is 1.90 bits per heavy atom. The summed E-state index contributed by atoms with van der Waals surface area (Å²) in [7, 11) is -3.10. The summed E-state index contributed by atoms with van der Waals surface area (Å²) in [5.41, 5.74) is 2.97. The number of fused-ring (bicyclic) bond motifs is 1. The lowest BCUT2D eigenvalue weighted by Crippen LogP contribution is -2.37. The van der Waals surface area contributed by atoms with Crippen LogP contribution >= 0.6 is 11.8 Å². The smallest absolute Gasteiger partial charge is 0.244 e. The molecule has 0 saturated carbocycles. The maximum Gasteiger partial charge on any atom is 0.244 e. The van der Waals surface area contributed by atoms with E-state index in [4.69, 9.17) is 0 Å². The second kappa shape index (κ2) is 8.03. The monoisotopic (exact) mass is 447 g/mol. The average Bonchev–Trinajstić information content (AvgIpc) is 3.13. The number of amidine groups is 1. The van der Waals surface area contributed by atoms with Crippen LogP contribution in [0.3, 0.4) is 0 Å². The summed E-state index contributed by atoms with van der Waals surface area (Å²) in [6.45, 7) is 3.77. The molecule has 0 aromatic heterocycles. The van der Waals surface area contributed by atoms with E-state index in [-0.39, 0.29) is 40.9 Å². The number of sulfone groups is 1. The molecular weight excluding hydrogens is 425 g/mol. The van der Waals surface area contributed by atoms with Crippen molar-refractivity contribution < 1.29 is 17.6 Å². The first-order valence-electron chi connectivity index (χ1n) is 9.55. The third kappa shape index (κ3) is 4.52. The Balaban J connectivity index is 1.59. The molecule has 0 unspecified atom stereocenters. The van der Waals surface area contributed by atoms with Crippen molar-refractivity contribution in [2.24, 2.45) is 4.99 Å². The number of amides is 1. The molecule has 2 aliphatic rings. The Labute approximate surface area is 179 Å². The normalized spacial score (nSPS) is 21.8. The van der Waals surface area contributed by atoms with Crippen molar-refractivity contribution in [3.8, 4) is 0 Å². The van der Waals surface area contributed by atoms with Crippen molar-refractivity contribution in [1.82, 2.24) is 0 Å². The summed E-state index contributed by atoms with van der Waals surface area (Å²) in [5.74, 6) is -0.732. The van der Waals surface area contributed by atoms with E-state index in [0.717, 1.165) is 11.1 Å². The molecule has 0 bridgehead atoms. The summed E-state index contributed by atoms with van der Waals surface area (Å²) in [4.78, 5) is 18.9. The highest BCUT2D eigenvalue weighted by Gasteiger charge is 2.44. The second-order valence-corrected chi connectivity index (χ2v) is 11.0. The average molecular weight is 448 g/mol. The molecule has 2 aliphatic heterocycles. The fraction of sp³-hybridized carbons (Fsp3) is 0.333. The third-order valence-corrected chi connectivity index (χ3v) is 8.23. The van der Waals surface area contributed by atoms with E-state index in [1.54, 1.807) is 18.2 Å². The van der Waals surface area contributed by atoms with E-state index in [2.05, 4.69) is 10.3 Å². The van der Waals surface area contributed by atoms with Gasteiger partial charge in [-0.2, -0.15) is 0 Å². The van der Waals surface area contributed by atoms with Gasteiger partial charge in [-0.1, -0.05) is 30.0 Å². The first-order valence-corrected chi connectivity index (χ1v) is 12.3. The molecule has 2 atom stereocenters. The van der Waals surface area contributed by atoms with Crippen LogP contribution in [-0.2, 0) is 14.6 Å². The lowest BCUT2D eigenvalue weighted by molar-refractivity contribution is -0.114. The SMILES string of the molecule is Cc1cc(C)cc(NC(=O)CN(C2=N[C@@H]3CS(=O)(=O)C[C@H]3S2)c2ccccc2F)c1. The van der Waals surface area contributed by atoms with E-state index in [1.807, 2.05) is 32.0 Å². The predicted octanol–water partition coefficient (Wildman–Crippen LogP) is 3.16. The van der Waals surface area contributed by atoms with Gasteiger partial charge in [0, 0.05) is 10.9 Å². The summed E-state index contributed by atoms with van der Waals surface area (Å²) in [6.07, 6.45) is 0. The molecule has 158 valence electrons. The summed E-state index contributed by atoms with van der Waals surface area (Å²) < 4.78 is 38.3. The quantitative estimate of drug-likeness (QED) is 0.779. The highest BCUT2D eigenvalue weighted by molar-refractivity contribution is 8.15.